The zero-order chi connectivity index (χ0) is 23.1. The van der Waals surface area contributed by atoms with Crippen LogP contribution in [-0.2, 0) is 9.53 Å². The van der Waals surface area contributed by atoms with Crippen LogP contribution in [-0.4, -0.2) is 32.0 Å². The van der Waals surface area contributed by atoms with Crippen molar-refractivity contribution in [1.82, 2.24) is 14.8 Å². The minimum absolute atomic E-state index is 0.0868. The summed E-state index contributed by atoms with van der Waals surface area (Å²) in [7, 11) is 0. The van der Waals surface area contributed by atoms with E-state index in [0.717, 1.165) is 33.2 Å². The molecule has 2 aromatic rings. The molecule has 0 fully saturated rings. The van der Waals surface area contributed by atoms with Gasteiger partial charge in [0.05, 0.1) is 12.1 Å². The molecule has 0 bridgehead atoms. The zero-order valence-electron chi connectivity index (χ0n) is 19.3. The van der Waals surface area contributed by atoms with Gasteiger partial charge >= 0.3 is 5.97 Å². The van der Waals surface area contributed by atoms with Crippen molar-refractivity contribution < 1.29 is 9.53 Å². The molecule has 0 amide bonds. The molecular weight excluding hydrogens is 432 g/mol. The lowest BCUT2D eigenvalue weighted by Gasteiger charge is -2.21. The third-order valence-electron chi connectivity index (χ3n) is 4.96. The number of hydrogen-bond acceptors (Lipinski definition) is 6. The van der Waals surface area contributed by atoms with Crippen molar-refractivity contribution >= 4 is 34.6 Å². The van der Waals surface area contributed by atoms with Gasteiger partial charge in [-0.2, -0.15) is 0 Å². The maximum absolute atomic E-state index is 12.7. The number of aromatic nitrogens is 3. The van der Waals surface area contributed by atoms with Crippen molar-refractivity contribution in [3.05, 3.63) is 50.4 Å². The molecule has 3 heterocycles. The van der Waals surface area contributed by atoms with Crippen molar-refractivity contribution in [1.29, 1.82) is 0 Å². The molecule has 0 saturated carbocycles. The highest BCUT2D eigenvalue weighted by atomic mass is 35.5. The van der Waals surface area contributed by atoms with E-state index in [0.29, 0.717) is 10.9 Å². The Hall–Kier alpha value is -2.25. The molecule has 2 aromatic heterocycles. The number of fused-ring (bicyclic) bond motifs is 3. The zero-order valence-corrected chi connectivity index (χ0v) is 20.9. The molecule has 1 atom stereocenters. The Kier molecular flexibility index (Phi) is 6.58. The van der Waals surface area contributed by atoms with Gasteiger partial charge in [-0.1, -0.05) is 17.7 Å². The fraction of sp³-hybridized carbons (Fsp3) is 0.478. The van der Waals surface area contributed by atoms with E-state index in [1.165, 1.54) is 4.88 Å². The van der Waals surface area contributed by atoms with Crippen molar-refractivity contribution in [2.24, 2.45) is 4.99 Å². The van der Waals surface area contributed by atoms with Crippen LogP contribution >= 0.6 is 22.9 Å². The summed E-state index contributed by atoms with van der Waals surface area (Å²) in [5, 5.41) is 10.4. The molecule has 8 heteroatoms. The first kappa shape index (κ1) is 23.4. The molecule has 31 heavy (non-hydrogen) atoms. The lowest BCUT2D eigenvalue weighted by molar-refractivity contribution is -0.155. The van der Waals surface area contributed by atoms with Gasteiger partial charge in [0.15, 0.2) is 5.82 Å². The van der Waals surface area contributed by atoms with E-state index >= 15 is 0 Å². The third kappa shape index (κ3) is 4.99. The Morgan fingerprint density at radius 3 is 2.48 bits per heavy atom. The van der Waals surface area contributed by atoms with E-state index in [-0.39, 0.29) is 12.4 Å². The first-order chi connectivity index (χ1) is 14.4. The van der Waals surface area contributed by atoms with Gasteiger partial charge in [0.2, 0.25) is 0 Å². The average Bonchev–Trinajstić information content (AvgIpc) is 3.10. The van der Waals surface area contributed by atoms with Crippen LogP contribution in [0.5, 0.6) is 0 Å². The summed E-state index contributed by atoms with van der Waals surface area (Å²) < 4.78 is 7.60. The van der Waals surface area contributed by atoms with Crippen LogP contribution in [0.1, 0.15) is 74.7 Å². The first-order valence-corrected chi connectivity index (χ1v) is 11.4. The molecule has 0 aliphatic carbocycles. The van der Waals surface area contributed by atoms with Gasteiger partial charge in [-0.05, 0) is 72.6 Å². The van der Waals surface area contributed by atoms with Gasteiger partial charge in [0.1, 0.15) is 22.5 Å². The van der Waals surface area contributed by atoms with Crippen molar-refractivity contribution in [3.63, 3.8) is 0 Å². The average molecular weight is 461 g/mol. The highest BCUT2D eigenvalue weighted by Gasteiger charge is 2.33. The normalized spacial score (nSPS) is 17.1. The highest BCUT2D eigenvalue weighted by molar-refractivity contribution is 7.15. The molecule has 0 N–H and O–H groups in total. The molecule has 0 saturated heterocycles. The summed E-state index contributed by atoms with van der Waals surface area (Å²) >= 11 is 7.74. The minimum atomic E-state index is -0.567. The van der Waals surface area contributed by atoms with Crippen LogP contribution in [0.3, 0.4) is 0 Å². The molecule has 0 unspecified atom stereocenters. The van der Waals surface area contributed by atoms with Gasteiger partial charge in [0, 0.05) is 15.5 Å². The fourth-order valence-electron chi connectivity index (χ4n) is 3.46. The SMILES string of the molecule is C/C(Cl)=C\C=C(/C)C1=N[C@@H](CC(=O)OC(C)(C)C)c2nnc(C)n2-c2sc(C)c(C)c21. The summed E-state index contributed by atoms with van der Waals surface area (Å²) in [6, 6.07) is -0.505. The summed E-state index contributed by atoms with van der Waals surface area (Å²) in [5.41, 5.74) is 3.45. The Balaban J connectivity index is 2.21. The van der Waals surface area contributed by atoms with Crippen LogP contribution in [0.2, 0.25) is 0 Å². The number of halogens is 1. The van der Waals surface area contributed by atoms with E-state index in [2.05, 4.69) is 24.0 Å². The lowest BCUT2D eigenvalue weighted by atomic mass is 10.00. The molecule has 1 aliphatic rings. The predicted octanol–water partition coefficient (Wildman–Crippen LogP) is 5.92. The topological polar surface area (TPSA) is 69.4 Å². The number of carbonyl (C=O) groups is 1. The summed E-state index contributed by atoms with van der Waals surface area (Å²) in [4.78, 5) is 19.0. The van der Waals surface area contributed by atoms with Gasteiger partial charge in [-0.25, -0.2) is 0 Å². The van der Waals surface area contributed by atoms with Crippen molar-refractivity contribution in [3.8, 4) is 5.00 Å². The molecule has 6 nitrogen and oxygen atoms in total. The first-order valence-electron chi connectivity index (χ1n) is 10.2. The van der Waals surface area contributed by atoms with E-state index in [1.54, 1.807) is 11.3 Å². The second-order valence-electron chi connectivity index (χ2n) is 8.79. The van der Waals surface area contributed by atoms with E-state index in [9.17, 15) is 4.79 Å². The molecule has 0 radical (unpaired) electrons. The smallest absolute Gasteiger partial charge is 0.308 e. The van der Waals surface area contributed by atoms with Crippen molar-refractivity contribution in [2.75, 3.05) is 0 Å². The number of thiophene rings is 1. The van der Waals surface area contributed by atoms with Crippen LogP contribution < -0.4 is 0 Å². The Bertz CT molecular complexity index is 1110. The summed E-state index contributed by atoms with van der Waals surface area (Å²) in [6.45, 7) is 15.5. The minimum Gasteiger partial charge on any atom is -0.460 e. The number of nitrogens with zero attached hydrogens (tertiary/aromatic N) is 4. The Labute approximate surface area is 192 Å². The number of esters is 1. The number of rotatable bonds is 4. The van der Waals surface area contributed by atoms with Crippen LogP contribution in [0.4, 0.5) is 0 Å². The largest absolute Gasteiger partial charge is 0.460 e. The van der Waals surface area contributed by atoms with E-state index in [4.69, 9.17) is 21.3 Å². The standard InChI is InChI=1S/C23H29ClN4O2S/c1-12(9-10-13(2)24)20-19-14(3)15(4)31-22(19)28-16(5)26-27-21(28)17(25-20)11-18(29)30-23(6,7)8/h9-10,17H,11H2,1-8H3/b12-9+,13-10+/t17-/m0/s1. The Morgan fingerprint density at radius 1 is 1.19 bits per heavy atom. The van der Waals surface area contributed by atoms with Crippen LogP contribution in [0.15, 0.2) is 27.7 Å². The number of carbonyl (C=O) groups excluding carboxylic acids is 1. The fourth-order valence-corrected chi connectivity index (χ4v) is 4.74. The molecule has 166 valence electrons. The van der Waals surface area contributed by atoms with Crippen LogP contribution in [0.25, 0.3) is 5.00 Å². The predicted molar refractivity (Wildman–Crippen MR) is 127 cm³/mol. The van der Waals surface area contributed by atoms with Crippen molar-refractivity contribution in [2.45, 2.75) is 73.5 Å². The quantitative estimate of drug-likeness (QED) is 0.419. The highest BCUT2D eigenvalue weighted by Crippen LogP contribution is 2.39. The number of allylic oxidation sites excluding steroid dienone is 4. The van der Waals surface area contributed by atoms with Gasteiger partial charge in [0.25, 0.3) is 0 Å². The second-order valence-corrected chi connectivity index (χ2v) is 10.6. The molecule has 3 rings (SSSR count). The number of aryl methyl sites for hydroxylation is 2. The number of ether oxygens (including phenoxy) is 1. The van der Waals surface area contributed by atoms with Gasteiger partial charge in [-0.3, -0.25) is 14.4 Å². The van der Waals surface area contributed by atoms with Crippen LogP contribution in [0, 0.1) is 20.8 Å². The molecule has 1 aliphatic heterocycles. The monoisotopic (exact) mass is 460 g/mol. The second kappa shape index (κ2) is 8.71. The van der Waals surface area contributed by atoms with Gasteiger partial charge in [-0.15, -0.1) is 21.5 Å². The number of hydrogen-bond donors (Lipinski definition) is 0. The molecule has 0 spiro atoms. The summed E-state index contributed by atoms with van der Waals surface area (Å²) in [6.07, 6.45) is 3.90. The maximum atomic E-state index is 12.7. The van der Waals surface area contributed by atoms with E-state index in [1.807, 2.05) is 58.3 Å². The lowest BCUT2D eigenvalue weighted by Crippen LogP contribution is -2.25. The van der Waals surface area contributed by atoms with E-state index < -0.39 is 11.6 Å². The van der Waals surface area contributed by atoms with Gasteiger partial charge < -0.3 is 4.74 Å². The third-order valence-corrected chi connectivity index (χ3v) is 6.27. The Morgan fingerprint density at radius 2 is 1.87 bits per heavy atom. The maximum Gasteiger partial charge on any atom is 0.308 e. The number of aliphatic imine (C=N–C) groups is 1. The summed E-state index contributed by atoms with van der Waals surface area (Å²) in [5.74, 6) is 1.10. The molecule has 0 aromatic carbocycles. The molecular formula is C23H29ClN4O2S.